The molecule has 0 unspecified atom stereocenters. The highest BCUT2D eigenvalue weighted by atomic mass is 35.5. The second-order valence-corrected chi connectivity index (χ2v) is 7.26. The van der Waals surface area contributed by atoms with Gasteiger partial charge in [0.2, 0.25) is 5.91 Å². The molecule has 0 aliphatic heterocycles. The zero-order valence-corrected chi connectivity index (χ0v) is 15.4. The van der Waals surface area contributed by atoms with Crippen molar-refractivity contribution in [2.75, 3.05) is 12.3 Å². The zero-order valence-electron chi connectivity index (χ0n) is 12.3. The number of nitrogens with one attached hydrogen (secondary N) is 1. The monoisotopic (exact) mass is 387 g/mol. The number of rotatable bonds is 7. The molecular weight excluding hydrogens is 373 g/mol. The molecule has 2 aromatic carbocycles. The molecule has 0 aromatic heterocycles. The SMILES string of the molecule is O=C(Cc1ccccc1Cl)NCCSCc1ccc(Cl)cc1Cl. The van der Waals surface area contributed by atoms with Crippen LogP contribution in [0.3, 0.4) is 0 Å². The standard InChI is InChI=1S/C17H16Cl3NOS/c18-14-6-5-13(16(20)10-14)11-23-8-7-21-17(22)9-12-3-1-2-4-15(12)19/h1-6,10H,7-9,11H2,(H,21,22). The van der Waals surface area contributed by atoms with Crippen LogP contribution in [0.2, 0.25) is 15.1 Å². The Morgan fingerprint density at radius 3 is 2.52 bits per heavy atom. The highest BCUT2D eigenvalue weighted by molar-refractivity contribution is 7.98. The number of thioether (sulfide) groups is 1. The van der Waals surface area contributed by atoms with Crippen LogP contribution in [0.4, 0.5) is 0 Å². The van der Waals surface area contributed by atoms with Gasteiger partial charge in [-0.15, -0.1) is 0 Å². The first-order chi connectivity index (χ1) is 11.1. The Labute approximate surface area is 155 Å². The van der Waals surface area contributed by atoms with E-state index < -0.39 is 0 Å². The summed E-state index contributed by atoms with van der Waals surface area (Å²) in [6.45, 7) is 0.610. The van der Waals surface area contributed by atoms with Crippen LogP contribution in [0.1, 0.15) is 11.1 Å². The molecule has 0 atom stereocenters. The molecule has 0 radical (unpaired) electrons. The van der Waals surface area contributed by atoms with Crippen molar-refractivity contribution in [1.29, 1.82) is 0 Å². The first-order valence-electron chi connectivity index (χ1n) is 7.08. The van der Waals surface area contributed by atoms with E-state index in [0.29, 0.717) is 28.0 Å². The smallest absolute Gasteiger partial charge is 0.224 e. The average Bonchev–Trinajstić information content (AvgIpc) is 2.51. The lowest BCUT2D eigenvalue weighted by Crippen LogP contribution is -2.27. The Hall–Kier alpha value is -0.870. The van der Waals surface area contributed by atoms with Crippen molar-refractivity contribution in [1.82, 2.24) is 5.32 Å². The van der Waals surface area contributed by atoms with E-state index in [1.165, 1.54) is 0 Å². The number of carbonyl (C=O) groups is 1. The van der Waals surface area contributed by atoms with Gasteiger partial charge in [-0.1, -0.05) is 59.1 Å². The van der Waals surface area contributed by atoms with E-state index in [2.05, 4.69) is 5.32 Å². The molecule has 0 saturated carbocycles. The number of carbonyl (C=O) groups excluding carboxylic acids is 1. The van der Waals surface area contributed by atoms with Gasteiger partial charge in [0.1, 0.15) is 0 Å². The van der Waals surface area contributed by atoms with E-state index in [1.54, 1.807) is 23.9 Å². The van der Waals surface area contributed by atoms with Gasteiger partial charge < -0.3 is 5.32 Å². The highest BCUT2D eigenvalue weighted by Gasteiger charge is 2.06. The Kier molecular flexibility index (Phi) is 7.57. The third kappa shape index (κ3) is 6.27. The lowest BCUT2D eigenvalue weighted by atomic mass is 10.1. The normalized spacial score (nSPS) is 10.6. The third-order valence-corrected chi connectivity index (χ3v) is 5.11. The van der Waals surface area contributed by atoms with Gasteiger partial charge >= 0.3 is 0 Å². The summed E-state index contributed by atoms with van der Waals surface area (Å²) in [6.07, 6.45) is 0.299. The number of hydrogen-bond donors (Lipinski definition) is 1. The zero-order chi connectivity index (χ0) is 16.7. The van der Waals surface area contributed by atoms with Crippen molar-refractivity contribution in [2.45, 2.75) is 12.2 Å². The second-order valence-electron chi connectivity index (χ2n) is 4.91. The van der Waals surface area contributed by atoms with Crippen LogP contribution in [-0.2, 0) is 17.0 Å². The summed E-state index contributed by atoms with van der Waals surface area (Å²) in [6, 6.07) is 12.9. The molecule has 1 N–H and O–H groups in total. The lowest BCUT2D eigenvalue weighted by molar-refractivity contribution is -0.120. The highest BCUT2D eigenvalue weighted by Crippen LogP contribution is 2.24. The molecule has 2 nitrogen and oxygen atoms in total. The minimum Gasteiger partial charge on any atom is -0.355 e. The van der Waals surface area contributed by atoms with Crippen LogP contribution < -0.4 is 5.32 Å². The van der Waals surface area contributed by atoms with Crippen LogP contribution in [0, 0.1) is 0 Å². The van der Waals surface area contributed by atoms with Crippen molar-refractivity contribution < 1.29 is 4.79 Å². The van der Waals surface area contributed by atoms with Crippen LogP contribution in [0.25, 0.3) is 0 Å². The maximum Gasteiger partial charge on any atom is 0.224 e. The summed E-state index contributed by atoms with van der Waals surface area (Å²) in [7, 11) is 0. The van der Waals surface area contributed by atoms with Crippen molar-refractivity contribution >= 4 is 52.5 Å². The maximum absolute atomic E-state index is 11.9. The van der Waals surface area contributed by atoms with Gasteiger partial charge in [-0.2, -0.15) is 11.8 Å². The van der Waals surface area contributed by atoms with E-state index >= 15 is 0 Å². The van der Waals surface area contributed by atoms with Gasteiger partial charge in [0, 0.05) is 33.1 Å². The van der Waals surface area contributed by atoms with Gasteiger partial charge in [-0.05, 0) is 29.3 Å². The summed E-state index contributed by atoms with van der Waals surface area (Å²) >= 11 is 19.7. The molecule has 0 spiro atoms. The Bertz CT molecular complexity index is 679. The van der Waals surface area contributed by atoms with Gasteiger partial charge in [-0.25, -0.2) is 0 Å². The van der Waals surface area contributed by atoms with E-state index in [9.17, 15) is 4.79 Å². The molecule has 1 amide bonds. The van der Waals surface area contributed by atoms with Gasteiger partial charge in [-0.3, -0.25) is 4.79 Å². The number of amides is 1. The summed E-state index contributed by atoms with van der Waals surface area (Å²) in [5.41, 5.74) is 1.88. The fourth-order valence-corrected chi connectivity index (χ4v) is 3.58. The van der Waals surface area contributed by atoms with Gasteiger partial charge in [0.15, 0.2) is 0 Å². The molecule has 0 aliphatic carbocycles. The van der Waals surface area contributed by atoms with Crippen LogP contribution >= 0.6 is 46.6 Å². The first kappa shape index (κ1) is 18.5. The summed E-state index contributed by atoms with van der Waals surface area (Å²) < 4.78 is 0. The predicted octanol–water partition coefficient (Wildman–Crippen LogP) is 5.24. The van der Waals surface area contributed by atoms with E-state index in [1.807, 2.05) is 30.3 Å². The van der Waals surface area contributed by atoms with E-state index in [4.69, 9.17) is 34.8 Å². The summed E-state index contributed by atoms with van der Waals surface area (Å²) in [5.74, 6) is 1.58. The number of hydrogen-bond acceptors (Lipinski definition) is 2. The Morgan fingerprint density at radius 2 is 1.78 bits per heavy atom. The molecule has 122 valence electrons. The van der Waals surface area contributed by atoms with Crippen molar-refractivity contribution in [3.05, 3.63) is 68.7 Å². The molecule has 0 fully saturated rings. The number of benzene rings is 2. The molecule has 2 aromatic rings. The summed E-state index contributed by atoms with van der Waals surface area (Å²) in [5, 5.41) is 4.82. The van der Waals surface area contributed by atoms with E-state index in [0.717, 1.165) is 22.6 Å². The second kappa shape index (κ2) is 9.43. The lowest BCUT2D eigenvalue weighted by Gasteiger charge is -2.07. The minimum atomic E-state index is -0.0248. The van der Waals surface area contributed by atoms with Gasteiger partial charge in [0.25, 0.3) is 0 Å². The predicted molar refractivity (Wildman–Crippen MR) is 101 cm³/mol. The van der Waals surface area contributed by atoms with Crippen molar-refractivity contribution in [2.24, 2.45) is 0 Å². The summed E-state index contributed by atoms with van der Waals surface area (Å²) in [4.78, 5) is 11.9. The maximum atomic E-state index is 11.9. The molecular formula is C17H16Cl3NOS. The first-order valence-corrected chi connectivity index (χ1v) is 9.37. The molecule has 0 saturated heterocycles. The largest absolute Gasteiger partial charge is 0.355 e. The van der Waals surface area contributed by atoms with E-state index in [-0.39, 0.29) is 5.91 Å². The van der Waals surface area contributed by atoms with Crippen LogP contribution in [-0.4, -0.2) is 18.2 Å². The minimum absolute atomic E-state index is 0.0248. The molecule has 0 aliphatic rings. The fraction of sp³-hybridized carbons (Fsp3) is 0.235. The molecule has 0 heterocycles. The average molecular weight is 389 g/mol. The molecule has 0 bridgehead atoms. The van der Waals surface area contributed by atoms with Crippen molar-refractivity contribution in [3.8, 4) is 0 Å². The Morgan fingerprint density at radius 1 is 1.00 bits per heavy atom. The quantitative estimate of drug-likeness (QED) is 0.657. The van der Waals surface area contributed by atoms with Crippen molar-refractivity contribution in [3.63, 3.8) is 0 Å². The van der Waals surface area contributed by atoms with Crippen LogP contribution in [0.15, 0.2) is 42.5 Å². The third-order valence-electron chi connectivity index (χ3n) is 3.15. The number of halogens is 3. The van der Waals surface area contributed by atoms with Crippen LogP contribution in [0.5, 0.6) is 0 Å². The molecule has 6 heteroatoms. The molecule has 23 heavy (non-hydrogen) atoms. The van der Waals surface area contributed by atoms with Gasteiger partial charge in [0.05, 0.1) is 6.42 Å². The fourth-order valence-electron chi connectivity index (χ4n) is 1.96. The Balaban J connectivity index is 1.67. The molecule has 2 rings (SSSR count). The topological polar surface area (TPSA) is 29.1 Å².